The van der Waals surface area contributed by atoms with E-state index in [2.05, 4.69) is 25.6 Å². The molecule has 0 aliphatic heterocycles. The SMILES string of the molecule is CC(=O)Nc1nc(CCc2ccc(N=C(N)N)cc2)c(C(=O)NCc2cccnc2)s1.Cl.Cl. The van der Waals surface area contributed by atoms with E-state index >= 15 is 0 Å². The molecule has 0 atom stereocenters. The van der Waals surface area contributed by atoms with Crippen molar-refractivity contribution in [3.8, 4) is 0 Å². The third-order valence-electron chi connectivity index (χ3n) is 4.21. The number of nitrogens with one attached hydrogen (secondary N) is 2. The van der Waals surface area contributed by atoms with Crippen molar-refractivity contribution in [3.63, 3.8) is 0 Å². The number of halogens is 2. The third-order valence-corrected chi connectivity index (χ3v) is 5.22. The second kappa shape index (κ2) is 13.4. The van der Waals surface area contributed by atoms with Crippen molar-refractivity contribution < 1.29 is 9.59 Å². The summed E-state index contributed by atoms with van der Waals surface area (Å²) in [5.41, 5.74) is 14.0. The zero-order valence-corrected chi connectivity index (χ0v) is 20.2. The molecule has 0 radical (unpaired) electrons. The van der Waals surface area contributed by atoms with E-state index in [0.29, 0.717) is 40.8 Å². The van der Waals surface area contributed by atoms with E-state index in [9.17, 15) is 9.59 Å². The van der Waals surface area contributed by atoms with Crippen LogP contribution in [0.1, 0.15) is 33.4 Å². The number of hydrogen-bond acceptors (Lipinski definition) is 6. The van der Waals surface area contributed by atoms with Gasteiger partial charge >= 0.3 is 0 Å². The molecule has 33 heavy (non-hydrogen) atoms. The van der Waals surface area contributed by atoms with Gasteiger partial charge < -0.3 is 22.1 Å². The van der Waals surface area contributed by atoms with Crippen LogP contribution in [0.2, 0.25) is 0 Å². The monoisotopic (exact) mass is 509 g/mol. The van der Waals surface area contributed by atoms with E-state index < -0.39 is 0 Å². The number of carbonyl (C=O) groups excluding carboxylic acids is 2. The van der Waals surface area contributed by atoms with Gasteiger partial charge in [-0.3, -0.25) is 14.6 Å². The number of nitrogens with zero attached hydrogens (tertiary/aromatic N) is 3. The highest BCUT2D eigenvalue weighted by molar-refractivity contribution is 7.17. The Balaban J connectivity index is 0.00000272. The molecule has 2 heterocycles. The first-order valence-corrected chi connectivity index (χ1v) is 10.4. The van der Waals surface area contributed by atoms with Gasteiger partial charge in [0.2, 0.25) is 5.91 Å². The average Bonchev–Trinajstić information content (AvgIpc) is 3.14. The maximum atomic E-state index is 12.8. The molecular weight excluding hydrogens is 485 g/mol. The van der Waals surface area contributed by atoms with Crippen molar-refractivity contribution in [2.24, 2.45) is 16.5 Å². The minimum absolute atomic E-state index is 0. The zero-order chi connectivity index (χ0) is 22.2. The molecule has 0 aliphatic rings. The predicted molar refractivity (Wildman–Crippen MR) is 136 cm³/mol. The lowest BCUT2D eigenvalue weighted by Crippen LogP contribution is -2.23. The molecule has 2 aromatic heterocycles. The van der Waals surface area contributed by atoms with Crippen molar-refractivity contribution in [1.82, 2.24) is 15.3 Å². The van der Waals surface area contributed by atoms with Gasteiger partial charge in [0.05, 0.1) is 11.4 Å². The van der Waals surface area contributed by atoms with Crippen LogP contribution in [-0.4, -0.2) is 27.7 Å². The molecule has 1 aromatic carbocycles. The van der Waals surface area contributed by atoms with Crippen LogP contribution in [0.5, 0.6) is 0 Å². The number of thiazole rings is 1. The second-order valence-corrected chi connectivity index (χ2v) is 7.72. The van der Waals surface area contributed by atoms with E-state index in [1.165, 1.54) is 6.92 Å². The summed E-state index contributed by atoms with van der Waals surface area (Å²) in [5, 5.41) is 5.94. The standard InChI is InChI=1S/C21H23N7O2S.2ClH/c1-13(29)26-21-28-17(9-6-14-4-7-16(8-5-14)27-20(22)23)18(31-21)19(30)25-12-15-3-2-10-24-11-15;;/h2-5,7-8,10-11H,6,9,12H2,1H3,(H,25,30)(H4,22,23,27)(H,26,28,29);2*1H. The van der Waals surface area contributed by atoms with Crippen molar-refractivity contribution in [1.29, 1.82) is 0 Å². The van der Waals surface area contributed by atoms with E-state index in [4.69, 9.17) is 11.5 Å². The summed E-state index contributed by atoms with van der Waals surface area (Å²) in [6.45, 7) is 1.76. The number of benzene rings is 1. The van der Waals surface area contributed by atoms with E-state index in [0.717, 1.165) is 22.5 Å². The largest absolute Gasteiger partial charge is 0.370 e. The zero-order valence-electron chi connectivity index (χ0n) is 17.8. The van der Waals surface area contributed by atoms with Crippen molar-refractivity contribution in [3.05, 3.63) is 70.5 Å². The van der Waals surface area contributed by atoms with Crippen LogP contribution in [0.3, 0.4) is 0 Å². The van der Waals surface area contributed by atoms with Crippen molar-refractivity contribution in [2.75, 3.05) is 5.32 Å². The Morgan fingerprint density at radius 1 is 1.06 bits per heavy atom. The highest BCUT2D eigenvalue weighted by Crippen LogP contribution is 2.25. The van der Waals surface area contributed by atoms with Crippen LogP contribution in [0, 0.1) is 0 Å². The number of aromatic nitrogens is 2. The smallest absolute Gasteiger partial charge is 0.263 e. The highest BCUT2D eigenvalue weighted by Gasteiger charge is 2.18. The van der Waals surface area contributed by atoms with Gasteiger partial charge in [0.1, 0.15) is 4.88 Å². The summed E-state index contributed by atoms with van der Waals surface area (Å²) in [4.78, 5) is 37.2. The normalized spacial score (nSPS) is 9.73. The molecule has 0 bridgehead atoms. The highest BCUT2D eigenvalue weighted by atomic mass is 35.5. The topological polar surface area (TPSA) is 148 Å². The van der Waals surface area contributed by atoms with Crippen LogP contribution in [0.25, 0.3) is 0 Å². The molecule has 0 saturated carbocycles. The fourth-order valence-corrected chi connectivity index (χ4v) is 3.79. The van der Waals surface area contributed by atoms with Gasteiger partial charge in [0.15, 0.2) is 11.1 Å². The number of hydrogen-bond donors (Lipinski definition) is 4. The quantitative estimate of drug-likeness (QED) is 0.271. The second-order valence-electron chi connectivity index (χ2n) is 6.72. The number of guanidine groups is 1. The number of anilines is 1. The summed E-state index contributed by atoms with van der Waals surface area (Å²) in [6.07, 6.45) is 4.57. The predicted octanol–water partition coefficient (Wildman–Crippen LogP) is 2.96. The lowest BCUT2D eigenvalue weighted by atomic mass is 10.1. The molecule has 0 aliphatic carbocycles. The number of rotatable bonds is 8. The molecule has 0 unspecified atom stereocenters. The molecule has 3 aromatic rings. The molecule has 0 saturated heterocycles. The first kappa shape index (κ1) is 27.8. The Morgan fingerprint density at radius 3 is 2.39 bits per heavy atom. The number of carbonyl (C=O) groups is 2. The molecule has 0 spiro atoms. The third kappa shape index (κ3) is 8.68. The number of aryl methyl sites for hydroxylation is 2. The summed E-state index contributed by atoms with van der Waals surface area (Å²) >= 11 is 1.16. The molecular formula is C21H25Cl2N7O2S. The van der Waals surface area contributed by atoms with Crippen LogP contribution in [-0.2, 0) is 24.2 Å². The first-order valence-electron chi connectivity index (χ1n) is 9.53. The van der Waals surface area contributed by atoms with Gasteiger partial charge in [0.25, 0.3) is 5.91 Å². The average molecular weight is 510 g/mol. The van der Waals surface area contributed by atoms with Gasteiger partial charge in [-0.15, -0.1) is 24.8 Å². The van der Waals surface area contributed by atoms with Gasteiger partial charge in [-0.25, -0.2) is 9.98 Å². The first-order chi connectivity index (χ1) is 14.9. The van der Waals surface area contributed by atoms with Gasteiger partial charge in [-0.05, 0) is 42.2 Å². The molecule has 0 fully saturated rings. The maximum absolute atomic E-state index is 12.8. The fraction of sp³-hybridized carbons (Fsp3) is 0.190. The lowest BCUT2D eigenvalue weighted by Gasteiger charge is -2.06. The summed E-state index contributed by atoms with van der Waals surface area (Å²) in [5.74, 6) is -0.475. The van der Waals surface area contributed by atoms with Crippen LogP contribution < -0.4 is 22.1 Å². The summed E-state index contributed by atoms with van der Waals surface area (Å²) in [7, 11) is 0. The fourth-order valence-electron chi connectivity index (χ4n) is 2.82. The molecule has 6 N–H and O–H groups in total. The van der Waals surface area contributed by atoms with Crippen LogP contribution in [0.4, 0.5) is 10.8 Å². The van der Waals surface area contributed by atoms with Crippen molar-refractivity contribution in [2.45, 2.75) is 26.3 Å². The van der Waals surface area contributed by atoms with E-state index in [1.807, 2.05) is 36.4 Å². The molecule has 176 valence electrons. The molecule has 12 heteroatoms. The lowest BCUT2D eigenvalue weighted by molar-refractivity contribution is -0.114. The Bertz CT molecular complexity index is 1090. The minimum Gasteiger partial charge on any atom is -0.370 e. The molecule has 3 rings (SSSR count). The van der Waals surface area contributed by atoms with Gasteiger partial charge in [-0.1, -0.05) is 29.5 Å². The maximum Gasteiger partial charge on any atom is 0.263 e. The Kier molecular flexibility index (Phi) is 11.3. The minimum atomic E-state index is -0.240. The molecule has 2 amide bonds. The number of amides is 2. The van der Waals surface area contributed by atoms with Crippen LogP contribution in [0.15, 0.2) is 53.8 Å². The van der Waals surface area contributed by atoms with Crippen molar-refractivity contribution >= 4 is 64.7 Å². The Labute approximate surface area is 207 Å². The van der Waals surface area contributed by atoms with E-state index in [-0.39, 0.29) is 42.6 Å². The molecule has 9 nitrogen and oxygen atoms in total. The number of aliphatic imine (C=N–C) groups is 1. The Hall–Kier alpha value is -3.21. The van der Waals surface area contributed by atoms with Gasteiger partial charge in [-0.2, -0.15) is 0 Å². The van der Waals surface area contributed by atoms with Gasteiger partial charge in [0, 0.05) is 25.9 Å². The summed E-state index contributed by atoms with van der Waals surface area (Å²) in [6, 6.07) is 11.2. The summed E-state index contributed by atoms with van der Waals surface area (Å²) < 4.78 is 0. The van der Waals surface area contributed by atoms with Crippen LogP contribution >= 0.6 is 36.2 Å². The Morgan fingerprint density at radius 2 is 1.79 bits per heavy atom. The number of pyridine rings is 1. The number of nitrogens with two attached hydrogens (primary N) is 2. The van der Waals surface area contributed by atoms with E-state index in [1.54, 1.807) is 12.4 Å².